The molecule has 1 amide bonds. The van der Waals surface area contributed by atoms with Gasteiger partial charge in [0.2, 0.25) is 5.91 Å². The predicted octanol–water partition coefficient (Wildman–Crippen LogP) is 5.91. The monoisotopic (exact) mass is 497 g/mol. The van der Waals surface area contributed by atoms with Crippen LogP contribution in [0.2, 0.25) is 0 Å². The minimum absolute atomic E-state index is 0.111. The molecule has 0 aliphatic rings. The highest BCUT2D eigenvalue weighted by Gasteiger charge is 2.45. The lowest BCUT2D eigenvalue weighted by Crippen LogP contribution is -2.42. The van der Waals surface area contributed by atoms with E-state index in [9.17, 15) is 29.0 Å². The van der Waals surface area contributed by atoms with E-state index in [0.717, 1.165) is 19.3 Å². The van der Waals surface area contributed by atoms with Crippen molar-refractivity contribution in [3.8, 4) is 0 Å². The first-order chi connectivity index (χ1) is 16.1. The van der Waals surface area contributed by atoms with Crippen LogP contribution in [0.25, 0.3) is 0 Å². The summed E-state index contributed by atoms with van der Waals surface area (Å²) in [6.45, 7) is 5.70. The molecule has 8 heteroatoms. The number of unbranched alkanes of at least 4 members (excludes halogenated alkanes) is 8. The summed E-state index contributed by atoms with van der Waals surface area (Å²) in [5.41, 5.74) is 1.22. The van der Waals surface area contributed by atoms with Gasteiger partial charge in [0.25, 0.3) is 0 Å². The molecule has 1 rings (SSSR count). The van der Waals surface area contributed by atoms with Crippen molar-refractivity contribution >= 4 is 19.5 Å². The summed E-state index contributed by atoms with van der Waals surface area (Å²) in [5, 5.41) is 10.9. The second kappa shape index (κ2) is 15.3. The Morgan fingerprint density at radius 1 is 0.882 bits per heavy atom. The average Bonchev–Trinajstić information content (AvgIpc) is 2.78. The van der Waals surface area contributed by atoms with Crippen molar-refractivity contribution < 1.29 is 29.0 Å². The van der Waals surface area contributed by atoms with Crippen LogP contribution in [0.1, 0.15) is 109 Å². The molecule has 194 valence electrons. The molecule has 0 saturated heterocycles. The zero-order chi connectivity index (χ0) is 25.6. The highest BCUT2D eigenvalue weighted by molar-refractivity contribution is 7.53. The molecule has 0 aromatic heterocycles. The van der Waals surface area contributed by atoms with Gasteiger partial charge in [0.1, 0.15) is 6.04 Å². The summed E-state index contributed by atoms with van der Waals surface area (Å²) in [6.07, 6.45) is 11.3. The highest BCUT2D eigenvalue weighted by atomic mass is 31.2. The lowest BCUT2D eigenvalue weighted by molar-refractivity contribution is -0.141. The Bertz CT molecular complexity index is 785. The third-order valence-electron chi connectivity index (χ3n) is 6.80. The molecule has 7 nitrogen and oxygen atoms in total. The number of carbonyl (C=O) groups excluding carboxylic acids is 1. The molecule has 0 saturated carbocycles. The third kappa shape index (κ3) is 9.52. The Morgan fingerprint density at radius 3 is 1.82 bits per heavy atom. The van der Waals surface area contributed by atoms with Crippen molar-refractivity contribution in [2.24, 2.45) is 0 Å². The number of carbonyl (C=O) groups is 2. The number of benzene rings is 1. The second-order valence-corrected chi connectivity index (χ2v) is 11.2. The standard InChI is InChI=1S/C26H44NO6P/c1-4-7-8-9-10-11-12-13-14-15-24(28)27-23(25(29)30)20-21-16-18-22(19-17-21)26(5-2,6-3)34(31,32)33/h16-19,23H,4-15,20H2,1-3H3,(H,27,28)(H,29,30)(H2,31,32,33). The summed E-state index contributed by atoms with van der Waals surface area (Å²) >= 11 is 0. The van der Waals surface area contributed by atoms with Gasteiger partial charge in [-0.3, -0.25) is 9.36 Å². The molecule has 4 N–H and O–H groups in total. The maximum absolute atomic E-state index is 12.3. The van der Waals surface area contributed by atoms with E-state index in [4.69, 9.17) is 0 Å². The molecule has 1 atom stereocenters. The van der Waals surface area contributed by atoms with Crippen LogP contribution in [0, 0.1) is 0 Å². The average molecular weight is 498 g/mol. The van der Waals surface area contributed by atoms with Gasteiger partial charge >= 0.3 is 13.6 Å². The third-order valence-corrected chi connectivity index (χ3v) is 8.81. The molecule has 0 spiro atoms. The van der Waals surface area contributed by atoms with E-state index in [1.807, 2.05) is 0 Å². The smallest absolute Gasteiger partial charge is 0.335 e. The first-order valence-corrected chi connectivity index (χ1v) is 14.4. The first-order valence-electron chi connectivity index (χ1n) is 12.8. The van der Waals surface area contributed by atoms with Crippen LogP contribution < -0.4 is 5.32 Å². The molecule has 1 aromatic rings. The molecule has 0 aliphatic heterocycles. The summed E-state index contributed by atoms with van der Waals surface area (Å²) in [4.78, 5) is 43.8. The molecule has 1 aromatic carbocycles. The number of carboxylic acids is 1. The normalized spacial score (nSPS) is 13.0. The van der Waals surface area contributed by atoms with Crippen LogP contribution in [0.4, 0.5) is 0 Å². The largest absolute Gasteiger partial charge is 0.480 e. The van der Waals surface area contributed by atoms with Crippen molar-refractivity contribution in [2.75, 3.05) is 0 Å². The lowest BCUT2D eigenvalue weighted by atomic mass is 9.91. The maximum Gasteiger partial charge on any atom is 0.335 e. The van der Waals surface area contributed by atoms with Gasteiger partial charge in [-0.25, -0.2) is 4.79 Å². The zero-order valence-corrected chi connectivity index (χ0v) is 22.0. The number of nitrogens with one attached hydrogen (secondary N) is 1. The maximum atomic E-state index is 12.3. The van der Waals surface area contributed by atoms with Crippen molar-refractivity contribution in [1.82, 2.24) is 5.32 Å². The molecule has 0 radical (unpaired) electrons. The van der Waals surface area contributed by atoms with E-state index in [-0.39, 0.29) is 12.3 Å². The summed E-state index contributed by atoms with van der Waals surface area (Å²) in [6, 6.07) is 5.65. The van der Waals surface area contributed by atoms with Crippen molar-refractivity contribution in [3.63, 3.8) is 0 Å². The SMILES string of the molecule is CCCCCCCCCCCC(=O)NC(Cc1ccc(C(CC)(CC)P(=O)(O)O)cc1)C(=O)O. The van der Waals surface area contributed by atoms with Crippen molar-refractivity contribution in [2.45, 2.75) is 115 Å². The Morgan fingerprint density at radius 2 is 1.38 bits per heavy atom. The Kier molecular flexibility index (Phi) is 13.7. The van der Waals surface area contributed by atoms with Gasteiger partial charge in [-0.1, -0.05) is 96.4 Å². The van der Waals surface area contributed by atoms with E-state index < -0.39 is 24.8 Å². The molecule has 0 fully saturated rings. The summed E-state index contributed by atoms with van der Waals surface area (Å²) in [5.74, 6) is -1.36. The quantitative estimate of drug-likeness (QED) is 0.148. The van der Waals surface area contributed by atoms with Crippen LogP contribution >= 0.6 is 7.60 Å². The fourth-order valence-corrected chi connectivity index (χ4v) is 5.80. The molecule has 0 bridgehead atoms. The number of rotatable bonds is 18. The predicted molar refractivity (Wildman–Crippen MR) is 136 cm³/mol. The molecular weight excluding hydrogens is 453 g/mol. The summed E-state index contributed by atoms with van der Waals surface area (Å²) < 4.78 is 12.2. The lowest BCUT2D eigenvalue weighted by Gasteiger charge is -2.33. The van der Waals surface area contributed by atoms with E-state index in [2.05, 4.69) is 12.2 Å². The van der Waals surface area contributed by atoms with Gasteiger partial charge in [-0.15, -0.1) is 0 Å². The topological polar surface area (TPSA) is 124 Å². The number of hydrogen-bond donors (Lipinski definition) is 4. The fourth-order valence-electron chi connectivity index (χ4n) is 4.49. The number of amides is 1. The van der Waals surface area contributed by atoms with E-state index in [0.29, 0.717) is 30.4 Å². The molecular formula is C26H44NO6P. The Balaban J connectivity index is 2.57. The fraction of sp³-hybridized carbons (Fsp3) is 0.692. The second-order valence-electron chi connectivity index (χ2n) is 9.22. The summed E-state index contributed by atoms with van der Waals surface area (Å²) in [7, 11) is -4.38. The van der Waals surface area contributed by atoms with Gasteiger partial charge in [0.05, 0.1) is 5.16 Å². The molecule has 1 unspecified atom stereocenters. The highest BCUT2D eigenvalue weighted by Crippen LogP contribution is 2.60. The van der Waals surface area contributed by atoms with Crippen LogP contribution in [0.15, 0.2) is 24.3 Å². The minimum Gasteiger partial charge on any atom is -0.480 e. The van der Waals surface area contributed by atoms with Crippen LogP contribution in [0.5, 0.6) is 0 Å². The molecule has 0 heterocycles. The van der Waals surface area contributed by atoms with Crippen LogP contribution in [-0.4, -0.2) is 32.8 Å². The minimum atomic E-state index is -4.38. The Labute approximate surface area is 204 Å². The van der Waals surface area contributed by atoms with E-state index >= 15 is 0 Å². The van der Waals surface area contributed by atoms with Gasteiger partial charge < -0.3 is 20.2 Å². The van der Waals surface area contributed by atoms with Gasteiger partial charge in [-0.05, 0) is 30.4 Å². The zero-order valence-electron chi connectivity index (χ0n) is 21.1. The van der Waals surface area contributed by atoms with Crippen molar-refractivity contribution in [1.29, 1.82) is 0 Å². The van der Waals surface area contributed by atoms with Crippen LogP contribution in [0.3, 0.4) is 0 Å². The van der Waals surface area contributed by atoms with E-state index in [1.54, 1.807) is 38.1 Å². The van der Waals surface area contributed by atoms with Gasteiger partial charge in [0.15, 0.2) is 0 Å². The molecule has 0 aliphatic carbocycles. The molecule has 34 heavy (non-hydrogen) atoms. The number of hydrogen-bond acceptors (Lipinski definition) is 3. The van der Waals surface area contributed by atoms with Crippen LogP contribution in [-0.2, 0) is 25.7 Å². The number of aliphatic carboxylic acids is 1. The number of carboxylic acid groups (broad SMARTS) is 1. The Hall–Kier alpha value is -1.69. The van der Waals surface area contributed by atoms with Crippen molar-refractivity contribution in [3.05, 3.63) is 35.4 Å². The van der Waals surface area contributed by atoms with Gasteiger partial charge in [-0.2, -0.15) is 0 Å². The van der Waals surface area contributed by atoms with Gasteiger partial charge in [0, 0.05) is 12.8 Å². The first kappa shape index (κ1) is 30.3. The van der Waals surface area contributed by atoms with E-state index in [1.165, 1.54) is 38.5 Å².